The highest BCUT2D eigenvalue weighted by Gasteiger charge is 2.20. The molecule has 1 fully saturated rings. The van der Waals surface area contributed by atoms with E-state index in [1.54, 1.807) is 19.4 Å². The lowest BCUT2D eigenvalue weighted by Crippen LogP contribution is -2.48. The van der Waals surface area contributed by atoms with Gasteiger partial charge in [0.25, 0.3) is 0 Å². The van der Waals surface area contributed by atoms with Gasteiger partial charge in [-0.15, -0.1) is 0 Å². The number of aromatic nitrogens is 2. The van der Waals surface area contributed by atoms with E-state index in [1.807, 2.05) is 10.7 Å². The molecule has 1 aromatic carbocycles. The number of benzene rings is 1. The van der Waals surface area contributed by atoms with Crippen LogP contribution in [0, 0.1) is 5.82 Å². The molecule has 0 spiro atoms. The predicted molar refractivity (Wildman–Crippen MR) is 106 cm³/mol. The summed E-state index contributed by atoms with van der Waals surface area (Å²) < 4.78 is 20.7. The molecule has 1 amide bonds. The molecule has 0 unspecified atom stereocenters. The van der Waals surface area contributed by atoms with Crippen LogP contribution < -0.4 is 10.1 Å². The predicted octanol–water partition coefficient (Wildman–Crippen LogP) is 2.20. The number of carbonyl (C=O) groups is 1. The largest absolute Gasteiger partial charge is 0.496 e. The monoisotopic (exact) mass is 389 g/mol. The molecule has 1 aliphatic heterocycles. The number of rotatable bonds is 8. The maximum absolute atomic E-state index is 13.5. The zero-order valence-corrected chi connectivity index (χ0v) is 16.5. The second-order valence-corrected chi connectivity index (χ2v) is 7.00. The van der Waals surface area contributed by atoms with Crippen LogP contribution >= 0.6 is 0 Å². The van der Waals surface area contributed by atoms with Gasteiger partial charge in [-0.3, -0.25) is 14.6 Å². The van der Waals surface area contributed by atoms with Crippen molar-refractivity contribution >= 4 is 11.7 Å². The topological polar surface area (TPSA) is 62.6 Å². The lowest BCUT2D eigenvalue weighted by atomic mass is 10.1. The Morgan fingerprint density at radius 1 is 1.21 bits per heavy atom. The van der Waals surface area contributed by atoms with Crippen LogP contribution in [0.1, 0.15) is 18.9 Å². The average Bonchev–Trinajstić information content (AvgIpc) is 3.10. The van der Waals surface area contributed by atoms with E-state index in [-0.39, 0.29) is 11.7 Å². The lowest BCUT2D eigenvalue weighted by molar-refractivity contribution is -0.117. The first kappa shape index (κ1) is 20.3. The molecule has 152 valence electrons. The molecule has 28 heavy (non-hydrogen) atoms. The van der Waals surface area contributed by atoms with Crippen LogP contribution in [0.15, 0.2) is 30.5 Å². The molecular weight excluding hydrogens is 361 g/mol. The van der Waals surface area contributed by atoms with E-state index in [0.29, 0.717) is 18.8 Å². The minimum absolute atomic E-state index is 0.0295. The fourth-order valence-electron chi connectivity index (χ4n) is 3.43. The Bertz CT molecular complexity index is 787. The minimum Gasteiger partial charge on any atom is -0.496 e. The first-order valence-corrected chi connectivity index (χ1v) is 9.68. The van der Waals surface area contributed by atoms with Crippen molar-refractivity contribution < 1.29 is 13.9 Å². The van der Waals surface area contributed by atoms with Gasteiger partial charge in [-0.25, -0.2) is 9.07 Å². The van der Waals surface area contributed by atoms with Crippen molar-refractivity contribution in [3.05, 3.63) is 41.8 Å². The van der Waals surface area contributed by atoms with Gasteiger partial charge >= 0.3 is 0 Å². The Balaban J connectivity index is 1.47. The van der Waals surface area contributed by atoms with Gasteiger partial charge in [-0.2, -0.15) is 5.10 Å². The molecule has 0 aliphatic carbocycles. The van der Waals surface area contributed by atoms with E-state index in [1.165, 1.54) is 12.1 Å². The molecule has 0 atom stereocenters. The zero-order valence-electron chi connectivity index (χ0n) is 16.5. The normalized spacial score (nSPS) is 15.5. The Labute approximate surface area is 165 Å². The molecule has 1 aliphatic rings. The number of nitrogens with zero attached hydrogens (tertiary/aromatic N) is 4. The Morgan fingerprint density at radius 3 is 2.68 bits per heavy atom. The number of hydrogen-bond donors (Lipinski definition) is 1. The summed E-state index contributed by atoms with van der Waals surface area (Å²) in [5, 5.41) is 7.16. The van der Waals surface area contributed by atoms with Gasteiger partial charge in [0.15, 0.2) is 0 Å². The summed E-state index contributed by atoms with van der Waals surface area (Å²) in [6.45, 7) is 7.07. The number of carbonyl (C=O) groups excluding carboxylic acids is 1. The van der Waals surface area contributed by atoms with Crippen molar-refractivity contribution in [1.82, 2.24) is 19.6 Å². The van der Waals surface area contributed by atoms with Crippen LogP contribution in [0.3, 0.4) is 0 Å². The minimum atomic E-state index is -0.256. The first-order valence-electron chi connectivity index (χ1n) is 9.68. The quantitative estimate of drug-likeness (QED) is 0.750. The van der Waals surface area contributed by atoms with Crippen molar-refractivity contribution in [3.8, 4) is 5.75 Å². The van der Waals surface area contributed by atoms with E-state index < -0.39 is 0 Å². The summed E-state index contributed by atoms with van der Waals surface area (Å²) in [6, 6.07) is 6.41. The lowest BCUT2D eigenvalue weighted by Gasteiger charge is -2.34. The second-order valence-electron chi connectivity index (χ2n) is 7.00. The maximum atomic E-state index is 13.5. The summed E-state index contributed by atoms with van der Waals surface area (Å²) in [6.07, 6.45) is 2.66. The average molecular weight is 389 g/mol. The molecular formula is C20H28FN5O2. The third-order valence-electron chi connectivity index (χ3n) is 4.89. The number of piperazine rings is 1. The number of amides is 1. The van der Waals surface area contributed by atoms with Gasteiger partial charge in [0, 0.05) is 50.9 Å². The number of aryl methyl sites for hydroxylation is 1. The van der Waals surface area contributed by atoms with Gasteiger partial charge in [0.2, 0.25) is 5.91 Å². The molecule has 2 aromatic rings. The molecule has 1 aromatic heterocycles. The molecule has 0 radical (unpaired) electrons. The molecule has 0 saturated carbocycles. The number of nitrogens with one attached hydrogen (secondary N) is 1. The van der Waals surface area contributed by atoms with Gasteiger partial charge < -0.3 is 10.1 Å². The third kappa shape index (κ3) is 5.30. The van der Waals surface area contributed by atoms with E-state index >= 15 is 0 Å². The molecule has 1 N–H and O–H groups in total. The molecule has 8 heteroatoms. The zero-order chi connectivity index (χ0) is 19.9. The number of halogens is 1. The van der Waals surface area contributed by atoms with Crippen LogP contribution in [-0.4, -0.2) is 65.3 Å². The van der Waals surface area contributed by atoms with Crippen molar-refractivity contribution in [2.45, 2.75) is 26.4 Å². The van der Waals surface area contributed by atoms with Crippen LogP contribution in [0.2, 0.25) is 0 Å². The van der Waals surface area contributed by atoms with E-state index in [9.17, 15) is 9.18 Å². The number of methoxy groups -OCH3 is 1. The summed E-state index contributed by atoms with van der Waals surface area (Å²) in [5.74, 6) is 1.15. The number of anilines is 1. The van der Waals surface area contributed by atoms with Crippen molar-refractivity contribution in [3.63, 3.8) is 0 Å². The first-order chi connectivity index (χ1) is 13.6. The van der Waals surface area contributed by atoms with E-state index in [0.717, 1.165) is 50.5 Å². The van der Waals surface area contributed by atoms with Gasteiger partial charge in [-0.05, 0) is 24.6 Å². The van der Waals surface area contributed by atoms with Crippen molar-refractivity contribution in [2.75, 3.05) is 45.2 Å². The SMILES string of the molecule is CCCn1nccc1NC(=O)CN1CCN(Cc2cc(F)ccc2OC)CC1. The van der Waals surface area contributed by atoms with E-state index in [4.69, 9.17) is 4.74 Å². The molecule has 2 heterocycles. The van der Waals surface area contributed by atoms with Crippen molar-refractivity contribution in [2.24, 2.45) is 0 Å². The molecule has 3 rings (SSSR count). The third-order valence-corrected chi connectivity index (χ3v) is 4.89. The van der Waals surface area contributed by atoms with E-state index in [2.05, 4.69) is 27.1 Å². The van der Waals surface area contributed by atoms with Crippen LogP contribution in [-0.2, 0) is 17.9 Å². The van der Waals surface area contributed by atoms with Crippen LogP contribution in [0.25, 0.3) is 0 Å². The fourth-order valence-corrected chi connectivity index (χ4v) is 3.43. The smallest absolute Gasteiger partial charge is 0.239 e. The summed E-state index contributed by atoms with van der Waals surface area (Å²) in [5.41, 5.74) is 0.845. The Kier molecular flexibility index (Phi) is 7.00. The maximum Gasteiger partial charge on any atom is 0.239 e. The van der Waals surface area contributed by atoms with Gasteiger partial charge in [0.1, 0.15) is 17.4 Å². The molecule has 1 saturated heterocycles. The molecule has 0 bridgehead atoms. The van der Waals surface area contributed by atoms with Crippen molar-refractivity contribution in [1.29, 1.82) is 0 Å². The van der Waals surface area contributed by atoms with Gasteiger partial charge in [-0.1, -0.05) is 6.92 Å². The summed E-state index contributed by atoms with van der Waals surface area (Å²) in [4.78, 5) is 16.7. The fraction of sp³-hybridized carbons (Fsp3) is 0.500. The highest BCUT2D eigenvalue weighted by Crippen LogP contribution is 2.21. The van der Waals surface area contributed by atoms with Crippen LogP contribution in [0.4, 0.5) is 10.2 Å². The number of hydrogen-bond acceptors (Lipinski definition) is 5. The molecule has 7 nitrogen and oxygen atoms in total. The van der Waals surface area contributed by atoms with Gasteiger partial charge in [0.05, 0.1) is 19.9 Å². The standard InChI is InChI=1S/C20H28FN5O2/c1-3-8-26-19(6-7-22-26)23-20(27)15-25-11-9-24(10-12-25)14-16-13-17(21)4-5-18(16)28-2/h4-7,13H,3,8-12,14-15H2,1-2H3,(H,23,27). The summed E-state index contributed by atoms with van der Waals surface area (Å²) in [7, 11) is 1.60. The summed E-state index contributed by atoms with van der Waals surface area (Å²) >= 11 is 0. The van der Waals surface area contributed by atoms with Crippen LogP contribution in [0.5, 0.6) is 5.75 Å². The Hall–Kier alpha value is -2.45. The highest BCUT2D eigenvalue weighted by atomic mass is 19.1. The highest BCUT2D eigenvalue weighted by molar-refractivity contribution is 5.91. The number of ether oxygens (including phenoxy) is 1. The second kappa shape index (κ2) is 9.66. The Morgan fingerprint density at radius 2 is 1.96 bits per heavy atom.